The lowest BCUT2D eigenvalue weighted by Gasteiger charge is -2.56. The molecule has 0 amide bonds. The second-order valence-corrected chi connectivity index (χ2v) is 7.08. The maximum absolute atomic E-state index is 12.9. The van der Waals surface area contributed by atoms with Gasteiger partial charge in [-0.3, -0.25) is 4.90 Å². The molecule has 3 aromatic rings. The second kappa shape index (κ2) is 5.91. The van der Waals surface area contributed by atoms with E-state index in [1.54, 1.807) is 0 Å². The van der Waals surface area contributed by atoms with Gasteiger partial charge in [-0.2, -0.15) is 13.2 Å². The number of alkyl halides is 3. The third-order valence-corrected chi connectivity index (χ3v) is 5.38. The molecule has 2 bridgehead atoms. The van der Waals surface area contributed by atoms with Crippen LogP contribution in [0.25, 0.3) is 11.0 Å². The van der Waals surface area contributed by atoms with Gasteiger partial charge in [0.2, 0.25) is 0 Å². The SMILES string of the molecule is FC(F)(F)c1cc(N2CC3CC(C2)N3Cc2nc3ccccc3[nH]2)ncn1. The molecule has 1 N–H and O–H groups in total. The fraction of sp³-hybridized carbons (Fsp3) is 0.389. The number of rotatable bonds is 3. The Morgan fingerprint density at radius 1 is 1.11 bits per heavy atom. The zero-order chi connectivity index (χ0) is 18.6. The van der Waals surface area contributed by atoms with Crippen LogP contribution in [0.3, 0.4) is 0 Å². The largest absolute Gasteiger partial charge is 0.433 e. The van der Waals surface area contributed by atoms with Crippen molar-refractivity contribution in [3.8, 4) is 0 Å². The Morgan fingerprint density at radius 3 is 2.63 bits per heavy atom. The molecule has 0 aliphatic carbocycles. The minimum atomic E-state index is -4.45. The van der Waals surface area contributed by atoms with E-state index in [0.29, 0.717) is 31.0 Å². The van der Waals surface area contributed by atoms with Gasteiger partial charge < -0.3 is 9.88 Å². The molecule has 9 heteroatoms. The maximum atomic E-state index is 12.9. The molecule has 3 saturated heterocycles. The van der Waals surface area contributed by atoms with Gasteiger partial charge in [-0.05, 0) is 18.6 Å². The van der Waals surface area contributed by atoms with E-state index in [-0.39, 0.29) is 0 Å². The van der Waals surface area contributed by atoms with Crippen molar-refractivity contribution in [1.82, 2.24) is 24.8 Å². The molecular formula is C18H17F3N6. The first-order chi connectivity index (χ1) is 13.0. The highest BCUT2D eigenvalue weighted by Crippen LogP contribution is 2.36. The van der Waals surface area contributed by atoms with Gasteiger partial charge in [0.25, 0.3) is 0 Å². The van der Waals surface area contributed by atoms with Crippen molar-refractivity contribution < 1.29 is 13.2 Å². The van der Waals surface area contributed by atoms with Crippen molar-refractivity contribution in [3.63, 3.8) is 0 Å². The third kappa shape index (κ3) is 2.91. The van der Waals surface area contributed by atoms with Crippen LogP contribution in [0, 0.1) is 0 Å². The number of halogens is 3. The molecule has 0 saturated carbocycles. The van der Waals surface area contributed by atoms with E-state index in [2.05, 4.69) is 24.8 Å². The minimum Gasteiger partial charge on any atom is -0.353 e. The first kappa shape index (κ1) is 16.5. The van der Waals surface area contributed by atoms with Crippen LogP contribution in [-0.4, -0.2) is 50.0 Å². The standard InChI is InChI=1S/C18H17F3N6/c19-18(20,21)15-6-17(23-10-22-15)26-7-11-5-12(8-26)27(11)9-16-24-13-3-1-2-4-14(13)25-16/h1-4,6,10-12H,5,7-9H2,(H,24,25). The number of fused-ring (bicyclic) bond motifs is 3. The normalized spacial score (nSPS) is 22.9. The third-order valence-electron chi connectivity index (χ3n) is 5.38. The summed E-state index contributed by atoms with van der Waals surface area (Å²) in [5.41, 5.74) is 1.06. The number of hydrogen-bond acceptors (Lipinski definition) is 5. The van der Waals surface area contributed by atoms with Crippen LogP contribution in [-0.2, 0) is 12.7 Å². The van der Waals surface area contributed by atoms with E-state index in [9.17, 15) is 13.2 Å². The van der Waals surface area contributed by atoms with E-state index in [1.807, 2.05) is 29.2 Å². The van der Waals surface area contributed by atoms with Gasteiger partial charge in [-0.15, -0.1) is 0 Å². The van der Waals surface area contributed by atoms with Crippen molar-refractivity contribution in [2.45, 2.75) is 31.2 Å². The molecule has 27 heavy (non-hydrogen) atoms. The van der Waals surface area contributed by atoms with E-state index in [0.717, 1.165) is 42.2 Å². The summed E-state index contributed by atoms with van der Waals surface area (Å²) in [4.78, 5) is 19.6. The van der Waals surface area contributed by atoms with Crippen molar-refractivity contribution in [2.24, 2.45) is 0 Å². The Kier molecular flexibility index (Phi) is 3.61. The molecule has 2 unspecified atom stereocenters. The molecule has 3 aliphatic heterocycles. The van der Waals surface area contributed by atoms with Crippen molar-refractivity contribution in [3.05, 3.63) is 48.2 Å². The van der Waals surface area contributed by atoms with Crippen LogP contribution in [0.1, 0.15) is 17.9 Å². The summed E-state index contributed by atoms with van der Waals surface area (Å²) in [7, 11) is 0. The topological polar surface area (TPSA) is 60.9 Å². The predicted molar refractivity (Wildman–Crippen MR) is 93.1 cm³/mol. The number of anilines is 1. The average molecular weight is 374 g/mol. The van der Waals surface area contributed by atoms with Crippen LogP contribution in [0.2, 0.25) is 0 Å². The maximum Gasteiger partial charge on any atom is 0.433 e. The Hall–Kier alpha value is -2.68. The number of nitrogens with zero attached hydrogens (tertiary/aromatic N) is 5. The zero-order valence-corrected chi connectivity index (χ0v) is 14.3. The smallest absolute Gasteiger partial charge is 0.353 e. The number of piperidine rings is 1. The summed E-state index contributed by atoms with van der Waals surface area (Å²) in [6.07, 6.45) is -2.41. The number of nitrogens with one attached hydrogen (secondary N) is 1. The number of H-pyrrole nitrogens is 1. The summed E-state index contributed by atoms with van der Waals surface area (Å²) in [6.45, 7) is 2.03. The molecule has 0 radical (unpaired) electrons. The molecule has 3 fully saturated rings. The summed E-state index contributed by atoms with van der Waals surface area (Å²) >= 11 is 0. The highest BCUT2D eigenvalue weighted by molar-refractivity contribution is 5.74. The second-order valence-electron chi connectivity index (χ2n) is 7.08. The number of piperazine rings is 1. The first-order valence-electron chi connectivity index (χ1n) is 8.81. The first-order valence-corrected chi connectivity index (χ1v) is 8.81. The number of imidazole rings is 1. The number of benzene rings is 1. The average Bonchev–Trinajstić information content (AvgIpc) is 3.08. The molecule has 3 aliphatic rings. The molecule has 6 rings (SSSR count). The van der Waals surface area contributed by atoms with Crippen LogP contribution < -0.4 is 4.90 Å². The van der Waals surface area contributed by atoms with Gasteiger partial charge in [0.15, 0.2) is 0 Å². The van der Waals surface area contributed by atoms with Crippen LogP contribution in [0.4, 0.5) is 19.0 Å². The number of aromatic amines is 1. The van der Waals surface area contributed by atoms with Crippen LogP contribution in [0.15, 0.2) is 36.7 Å². The summed E-state index contributed by atoms with van der Waals surface area (Å²) in [6, 6.07) is 9.52. The molecule has 0 spiro atoms. The highest BCUT2D eigenvalue weighted by Gasteiger charge is 2.45. The summed E-state index contributed by atoms with van der Waals surface area (Å²) < 4.78 is 38.7. The Bertz CT molecular complexity index is 939. The Labute approximate surface area is 153 Å². The molecule has 2 aromatic heterocycles. The fourth-order valence-electron chi connectivity index (χ4n) is 4.06. The summed E-state index contributed by atoms with van der Waals surface area (Å²) in [5, 5.41) is 0. The lowest BCUT2D eigenvalue weighted by Crippen LogP contribution is -2.68. The predicted octanol–water partition coefficient (Wildman–Crippen LogP) is 2.83. The number of hydrogen-bond donors (Lipinski definition) is 1. The van der Waals surface area contributed by atoms with Gasteiger partial charge in [-0.25, -0.2) is 15.0 Å². The van der Waals surface area contributed by atoms with E-state index in [1.165, 1.54) is 0 Å². The molecule has 6 nitrogen and oxygen atoms in total. The zero-order valence-electron chi connectivity index (χ0n) is 14.3. The lowest BCUT2D eigenvalue weighted by atomic mass is 9.87. The molecular weight excluding hydrogens is 357 g/mol. The molecule has 140 valence electrons. The number of para-hydroxylation sites is 2. The van der Waals surface area contributed by atoms with Crippen LogP contribution >= 0.6 is 0 Å². The van der Waals surface area contributed by atoms with E-state index >= 15 is 0 Å². The van der Waals surface area contributed by atoms with E-state index in [4.69, 9.17) is 0 Å². The van der Waals surface area contributed by atoms with Crippen molar-refractivity contribution in [1.29, 1.82) is 0 Å². The monoisotopic (exact) mass is 374 g/mol. The van der Waals surface area contributed by atoms with Gasteiger partial charge in [-0.1, -0.05) is 12.1 Å². The molecule has 2 atom stereocenters. The van der Waals surface area contributed by atoms with Gasteiger partial charge in [0.05, 0.1) is 17.6 Å². The quantitative estimate of drug-likeness (QED) is 0.764. The lowest BCUT2D eigenvalue weighted by molar-refractivity contribution is -0.141. The minimum absolute atomic E-state index is 0.293. The molecule has 1 aromatic carbocycles. The van der Waals surface area contributed by atoms with Crippen molar-refractivity contribution >= 4 is 16.9 Å². The Balaban J connectivity index is 1.29. The van der Waals surface area contributed by atoms with Gasteiger partial charge in [0, 0.05) is 31.2 Å². The summed E-state index contributed by atoms with van der Waals surface area (Å²) in [5.74, 6) is 1.26. The molecule has 5 heterocycles. The van der Waals surface area contributed by atoms with E-state index < -0.39 is 11.9 Å². The Morgan fingerprint density at radius 2 is 1.89 bits per heavy atom. The van der Waals surface area contributed by atoms with Gasteiger partial charge in [0.1, 0.15) is 23.7 Å². The van der Waals surface area contributed by atoms with Crippen molar-refractivity contribution in [2.75, 3.05) is 18.0 Å². The number of aromatic nitrogens is 4. The van der Waals surface area contributed by atoms with Gasteiger partial charge >= 0.3 is 6.18 Å². The highest BCUT2D eigenvalue weighted by atomic mass is 19.4. The fourth-order valence-corrected chi connectivity index (χ4v) is 4.06. The van der Waals surface area contributed by atoms with Crippen LogP contribution in [0.5, 0.6) is 0 Å².